The Labute approximate surface area is 120 Å². The lowest BCUT2D eigenvalue weighted by atomic mass is 10.1. The van der Waals surface area contributed by atoms with Gasteiger partial charge in [0.1, 0.15) is 5.75 Å². The molecule has 0 bridgehead atoms. The van der Waals surface area contributed by atoms with Gasteiger partial charge in [0.05, 0.1) is 6.61 Å². The number of rotatable bonds is 7. The summed E-state index contributed by atoms with van der Waals surface area (Å²) in [6.45, 7) is 5.84. The van der Waals surface area contributed by atoms with E-state index < -0.39 is 0 Å². The van der Waals surface area contributed by atoms with E-state index >= 15 is 0 Å². The summed E-state index contributed by atoms with van der Waals surface area (Å²) in [7, 11) is 0. The predicted octanol–water partition coefficient (Wildman–Crippen LogP) is 2.71. The average molecular weight is 275 g/mol. The molecule has 0 aromatic heterocycles. The summed E-state index contributed by atoms with van der Waals surface area (Å²) in [5.41, 5.74) is 1.07. The number of nitrogens with one attached hydrogen (secondary N) is 1. The van der Waals surface area contributed by atoms with Crippen LogP contribution in [0.1, 0.15) is 32.3 Å². The van der Waals surface area contributed by atoms with Gasteiger partial charge >= 0.3 is 0 Å². The van der Waals surface area contributed by atoms with Gasteiger partial charge < -0.3 is 19.5 Å². The molecule has 1 N–H and O–H groups in total. The maximum atomic E-state index is 5.83. The summed E-state index contributed by atoms with van der Waals surface area (Å²) < 4.78 is 16.6. The molecule has 0 fully saturated rings. The minimum absolute atomic E-state index is 0.271. The van der Waals surface area contributed by atoms with Gasteiger partial charge in [0.2, 0.25) is 6.79 Å². The highest BCUT2D eigenvalue weighted by Gasteiger charge is 2.18. The molecule has 1 aliphatic rings. The first kappa shape index (κ1) is 14.5. The van der Waals surface area contributed by atoms with Crippen LogP contribution in [-0.2, 0) is 6.54 Å². The molecule has 2 rings (SSSR count). The second-order valence-corrected chi connectivity index (χ2v) is 5.00. The molecule has 0 saturated heterocycles. The molecule has 20 heavy (non-hydrogen) atoms. The Kier molecular flexibility index (Phi) is 5.14. The van der Waals surface area contributed by atoms with Crippen molar-refractivity contribution in [3.05, 3.63) is 17.7 Å². The van der Waals surface area contributed by atoms with Crippen LogP contribution in [0.2, 0.25) is 0 Å². The molecule has 1 heterocycles. The molecule has 0 unspecified atom stereocenters. The van der Waals surface area contributed by atoms with E-state index in [1.807, 2.05) is 12.1 Å². The fourth-order valence-electron chi connectivity index (χ4n) is 1.91. The molecule has 108 valence electrons. The Balaban J connectivity index is 2.08. The zero-order valence-electron chi connectivity index (χ0n) is 12.1. The van der Waals surface area contributed by atoms with E-state index in [2.05, 4.69) is 25.1 Å². The predicted molar refractivity (Wildman–Crippen MR) is 78.1 cm³/mol. The summed E-state index contributed by atoms with van der Waals surface area (Å²) in [6, 6.07) is 4.29. The van der Waals surface area contributed by atoms with Crippen molar-refractivity contribution in [3.63, 3.8) is 0 Å². The van der Waals surface area contributed by atoms with Crippen molar-refractivity contribution >= 4 is 0 Å². The van der Waals surface area contributed by atoms with E-state index in [4.69, 9.17) is 20.6 Å². The SMILES string of the molecule is C#CCCCOc1cc2c(cc1CNC(C)C)OCO2. The largest absolute Gasteiger partial charge is 0.493 e. The molecule has 1 aromatic rings. The smallest absolute Gasteiger partial charge is 0.231 e. The van der Waals surface area contributed by atoms with E-state index in [0.717, 1.165) is 42.2 Å². The third kappa shape index (κ3) is 3.82. The molecule has 4 nitrogen and oxygen atoms in total. The second-order valence-electron chi connectivity index (χ2n) is 5.00. The van der Waals surface area contributed by atoms with Crippen molar-refractivity contribution in [2.75, 3.05) is 13.4 Å². The van der Waals surface area contributed by atoms with Crippen LogP contribution in [0.3, 0.4) is 0 Å². The summed E-state index contributed by atoms with van der Waals surface area (Å²) in [5, 5.41) is 3.39. The molecule has 1 aliphatic heterocycles. The summed E-state index contributed by atoms with van der Waals surface area (Å²) in [4.78, 5) is 0. The van der Waals surface area contributed by atoms with E-state index in [-0.39, 0.29) is 6.79 Å². The summed E-state index contributed by atoms with van der Waals surface area (Å²) >= 11 is 0. The second kappa shape index (κ2) is 7.06. The fraction of sp³-hybridized carbons (Fsp3) is 0.500. The lowest BCUT2D eigenvalue weighted by molar-refractivity contribution is 0.173. The van der Waals surface area contributed by atoms with Crippen LogP contribution in [0.15, 0.2) is 12.1 Å². The van der Waals surface area contributed by atoms with Crippen molar-refractivity contribution in [1.82, 2.24) is 5.32 Å². The molecular weight excluding hydrogens is 254 g/mol. The first-order valence-electron chi connectivity index (χ1n) is 6.93. The number of fused-ring (bicyclic) bond motifs is 1. The monoisotopic (exact) mass is 275 g/mol. The highest BCUT2D eigenvalue weighted by molar-refractivity contribution is 5.51. The molecule has 1 aromatic carbocycles. The third-order valence-electron chi connectivity index (χ3n) is 2.98. The van der Waals surface area contributed by atoms with Gasteiger partial charge in [0.25, 0.3) is 0 Å². The third-order valence-corrected chi connectivity index (χ3v) is 2.98. The van der Waals surface area contributed by atoms with Crippen LogP contribution in [0.5, 0.6) is 17.2 Å². The minimum Gasteiger partial charge on any atom is -0.493 e. The highest BCUT2D eigenvalue weighted by Crippen LogP contribution is 2.38. The van der Waals surface area contributed by atoms with E-state index in [0.29, 0.717) is 12.6 Å². The Morgan fingerprint density at radius 3 is 2.80 bits per heavy atom. The molecule has 0 saturated carbocycles. The summed E-state index contributed by atoms with van der Waals surface area (Å²) in [5.74, 6) is 4.97. The molecule has 0 aliphatic carbocycles. The number of hydrogen-bond donors (Lipinski definition) is 1. The molecular formula is C16H21NO3. The first-order chi connectivity index (χ1) is 9.70. The highest BCUT2D eigenvalue weighted by atomic mass is 16.7. The van der Waals surface area contributed by atoms with Crippen molar-refractivity contribution in [3.8, 4) is 29.6 Å². The van der Waals surface area contributed by atoms with E-state index in [1.165, 1.54) is 0 Å². The van der Waals surface area contributed by atoms with Crippen LogP contribution in [0.25, 0.3) is 0 Å². The molecule has 0 atom stereocenters. The van der Waals surface area contributed by atoms with Crippen molar-refractivity contribution in [2.45, 2.75) is 39.3 Å². The first-order valence-corrected chi connectivity index (χ1v) is 6.93. The van der Waals surface area contributed by atoms with Crippen LogP contribution < -0.4 is 19.5 Å². The maximum Gasteiger partial charge on any atom is 0.231 e. The van der Waals surface area contributed by atoms with Gasteiger partial charge in [-0.1, -0.05) is 13.8 Å². The maximum absolute atomic E-state index is 5.83. The van der Waals surface area contributed by atoms with Gasteiger partial charge in [-0.2, -0.15) is 0 Å². The number of terminal acetylenes is 1. The molecule has 0 amide bonds. The average Bonchev–Trinajstić information content (AvgIpc) is 2.87. The lowest BCUT2D eigenvalue weighted by Gasteiger charge is -2.14. The number of ether oxygens (including phenoxy) is 3. The van der Waals surface area contributed by atoms with Crippen LogP contribution >= 0.6 is 0 Å². The molecule has 0 spiro atoms. The van der Waals surface area contributed by atoms with Crippen LogP contribution in [0.4, 0.5) is 0 Å². The van der Waals surface area contributed by atoms with Crippen molar-refractivity contribution < 1.29 is 14.2 Å². The van der Waals surface area contributed by atoms with Gasteiger partial charge in [-0.3, -0.25) is 0 Å². The number of unbranched alkanes of at least 4 members (excludes halogenated alkanes) is 1. The number of benzene rings is 1. The Hall–Kier alpha value is -1.86. The van der Waals surface area contributed by atoms with Crippen molar-refractivity contribution in [1.29, 1.82) is 0 Å². The zero-order valence-corrected chi connectivity index (χ0v) is 12.1. The minimum atomic E-state index is 0.271. The topological polar surface area (TPSA) is 39.7 Å². The van der Waals surface area contributed by atoms with Crippen LogP contribution in [0, 0.1) is 12.3 Å². The lowest BCUT2D eigenvalue weighted by Crippen LogP contribution is -2.22. The van der Waals surface area contributed by atoms with E-state index in [9.17, 15) is 0 Å². The Bertz CT molecular complexity index is 491. The van der Waals surface area contributed by atoms with Gasteiger partial charge in [0, 0.05) is 30.6 Å². The molecule has 0 radical (unpaired) electrons. The van der Waals surface area contributed by atoms with Gasteiger partial charge in [-0.25, -0.2) is 0 Å². The van der Waals surface area contributed by atoms with Gasteiger partial charge in [-0.05, 0) is 12.5 Å². The standard InChI is InChI=1S/C16H21NO3/c1-4-5-6-7-18-14-9-16-15(19-11-20-16)8-13(14)10-17-12(2)3/h1,8-9,12,17H,5-7,10-11H2,2-3H3. The van der Waals surface area contributed by atoms with Crippen molar-refractivity contribution in [2.24, 2.45) is 0 Å². The molecule has 4 heteroatoms. The normalized spacial score (nSPS) is 12.5. The summed E-state index contributed by atoms with van der Waals surface area (Å²) in [6.07, 6.45) is 6.82. The van der Waals surface area contributed by atoms with Gasteiger partial charge in [-0.15, -0.1) is 12.3 Å². The zero-order chi connectivity index (χ0) is 14.4. The quantitative estimate of drug-likeness (QED) is 0.613. The number of hydrogen-bond acceptors (Lipinski definition) is 4. The van der Waals surface area contributed by atoms with E-state index in [1.54, 1.807) is 0 Å². The fourth-order valence-corrected chi connectivity index (χ4v) is 1.91. The Morgan fingerprint density at radius 2 is 2.10 bits per heavy atom. The van der Waals surface area contributed by atoms with Crippen LogP contribution in [-0.4, -0.2) is 19.4 Å². The van der Waals surface area contributed by atoms with Gasteiger partial charge in [0.15, 0.2) is 11.5 Å². The Morgan fingerprint density at radius 1 is 1.35 bits per heavy atom.